The highest BCUT2D eigenvalue weighted by molar-refractivity contribution is 5.76. The van der Waals surface area contributed by atoms with Gasteiger partial charge in [-0.15, -0.1) is 0 Å². The van der Waals surface area contributed by atoms with Crippen LogP contribution in [-0.4, -0.2) is 12.1 Å². The lowest BCUT2D eigenvalue weighted by Gasteiger charge is -2.29. The second-order valence-electron chi connectivity index (χ2n) is 2.54. The zero-order chi connectivity index (χ0) is 6.27. The lowest BCUT2D eigenvalue weighted by molar-refractivity contribution is -0.156. The van der Waals surface area contributed by atoms with E-state index >= 15 is 0 Å². The zero-order valence-electron chi connectivity index (χ0n) is 5.04. The third-order valence-corrected chi connectivity index (χ3v) is 1.89. The molecule has 3 rings (SSSR count). The summed E-state index contributed by atoms with van der Waals surface area (Å²) in [6.07, 6.45) is 6.05. The molecule has 0 radical (unpaired) electrons. The van der Waals surface area contributed by atoms with Crippen molar-refractivity contribution in [3.63, 3.8) is 0 Å². The van der Waals surface area contributed by atoms with E-state index in [4.69, 9.17) is 4.74 Å². The van der Waals surface area contributed by atoms with Crippen LogP contribution in [0.1, 0.15) is 12.8 Å². The molecule has 2 bridgehead atoms. The van der Waals surface area contributed by atoms with E-state index in [0.717, 1.165) is 12.8 Å². The highest BCUT2D eigenvalue weighted by Gasteiger charge is 2.30. The van der Waals surface area contributed by atoms with Crippen LogP contribution in [0.15, 0.2) is 12.2 Å². The van der Waals surface area contributed by atoms with Gasteiger partial charge in [-0.3, -0.25) is 4.79 Å². The van der Waals surface area contributed by atoms with Crippen LogP contribution in [-0.2, 0) is 9.53 Å². The van der Waals surface area contributed by atoms with Gasteiger partial charge in [0, 0.05) is 0 Å². The fourth-order valence-corrected chi connectivity index (χ4v) is 1.33. The van der Waals surface area contributed by atoms with Crippen LogP contribution in [0.3, 0.4) is 0 Å². The molecule has 0 unspecified atom stereocenters. The average Bonchev–Trinajstić information content (AvgIpc) is 1.90. The van der Waals surface area contributed by atoms with Crippen LogP contribution >= 0.6 is 0 Å². The fourth-order valence-electron chi connectivity index (χ4n) is 1.33. The van der Waals surface area contributed by atoms with Crippen LogP contribution in [0.5, 0.6) is 0 Å². The highest BCUT2D eigenvalue weighted by Crippen LogP contribution is 2.27. The normalized spacial score (nSPS) is 38.9. The molecule has 1 saturated heterocycles. The molecule has 2 atom stereocenters. The summed E-state index contributed by atoms with van der Waals surface area (Å²) in [6.45, 7) is 0. The van der Waals surface area contributed by atoms with E-state index in [-0.39, 0.29) is 18.0 Å². The minimum atomic E-state index is -0.0336. The summed E-state index contributed by atoms with van der Waals surface area (Å²) in [5.41, 5.74) is 0. The SMILES string of the molecule is O=C1O[C@@H]2C=C[C@H]1CC2. The van der Waals surface area contributed by atoms with Crippen molar-refractivity contribution in [3.05, 3.63) is 12.2 Å². The van der Waals surface area contributed by atoms with Gasteiger partial charge in [-0.1, -0.05) is 6.08 Å². The summed E-state index contributed by atoms with van der Waals surface area (Å²) in [5, 5.41) is 0. The van der Waals surface area contributed by atoms with Gasteiger partial charge in [0.15, 0.2) is 0 Å². The summed E-state index contributed by atoms with van der Waals surface area (Å²) >= 11 is 0. The quantitative estimate of drug-likeness (QED) is 0.354. The van der Waals surface area contributed by atoms with Crippen LogP contribution in [0.25, 0.3) is 0 Å². The van der Waals surface area contributed by atoms with E-state index < -0.39 is 0 Å². The minimum Gasteiger partial charge on any atom is -0.458 e. The predicted molar refractivity (Wildman–Crippen MR) is 31.7 cm³/mol. The molecule has 0 aromatic rings. The summed E-state index contributed by atoms with van der Waals surface area (Å²) in [6, 6.07) is 0. The number of esters is 1. The second-order valence-corrected chi connectivity index (χ2v) is 2.54. The molecular weight excluding hydrogens is 116 g/mol. The lowest BCUT2D eigenvalue weighted by atomic mass is 9.91. The Morgan fingerprint density at radius 3 is 2.56 bits per heavy atom. The molecule has 1 aliphatic carbocycles. The first-order chi connectivity index (χ1) is 4.36. The Morgan fingerprint density at radius 2 is 2.33 bits per heavy atom. The number of carbonyl (C=O) groups is 1. The summed E-state index contributed by atoms with van der Waals surface area (Å²) < 4.78 is 4.96. The van der Waals surface area contributed by atoms with Gasteiger partial charge in [-0.2, -0.15) is 0 Å². The predicted octanol–water partition coefficient (Wildman–Crippen LogP) is 0.878. The molecule has 0 saturated carbocycles. The molecule has 0 N–H and O–H groups in total. The summed E-state index contributed by atoms with van der Waals surface area (Å²) in [4.78, 5) is 10.8. The summed E-state index contributed by atoms with van der Waals surface area (Å²) in [7, 11) is 0. The molecule has 1 fully saturated rings. The molecule has 3 aliphatic rings. The van der Waals surface area contributed by atoms with Gasteiger partial charge in [0.05, 0.1) is 5.92 Å². The molecule has 0 spiro atoms. The third-order valence-electron chi connectivity index (χ3n) is 1.89. The van der Waals surface area contributed by atoms with Crippen LogP contribution in [0.2, 0.25) is 0 Å². The maximum absolute atomic E-state index is 10.8. The third kappa shape index (κ3) is 0.661. The number of rotatable bonds is 0. The Labute approximate surface area is 53.5 Å². The van der Waals surface area contributed by atoms with E-state index in [1.807, 2.05) is 12.2 Å². The Bertz CT molecular complexity index is 172. The number of carbonyl (C=O) groups excluding carboxylic acids is 1. The molecule has 0 amide bonds. The average molecular weight is 124 g/mol. The molecule has 48 valence electrons. The second kappa shape index (κ2) is 1.59. The molecule has 9 heavy (non-hydrogen) atoms. The van der Waals surface area contributed by atoms with Gasteiger partial charge >= 0.3 is 5.97 Å². The van der Waals surface area contributed by atoms with Crippen LogP contribution in [0.4, 0.5) is 0 Å². The van der Waals surface area contributed by atoms with E-state index in [1.54, 1.807) is 0 Å². The van der Waals surface area contributed by atoms with Crippen LogP contribution < -0.4 is 0 Å². The van der Waals surface area contributed by atoms with Gasteiger partial charge in [-0.25, -0.2) is 0 Å². The maximum Gasteiger partial charge on any atom is 0.313 e. The first-order valence-corrected chi connectivity index (χ1v) is 3.25. The molecule has 2 heteroatoms. The monoisotopic (exact) mass is 124 g/mol. The van der Waals surface area contributed by atoms with E-state index in [0.29, 0.717) is 0 Å². The number of hydrogen-bond donors (Lipinski definition) is 0. The van der Waals surface area contributed by atoms with Crippen molar-refractivity contribution in [3.8, 4) is 0 Å². The van der Waals surface area contributed by atoms with E-state index in [9.17, 15) is 4.79 Å². The Hall–Kier alpha value is -0.790. The Balaban J connectivity index is 2.29. The van der Waals surface area contributed by atoms with Gasteiger partial charge < -0.3 is 4.74 Å². The van der Waals surface area contributed by atoms with Crippen molar-refractivity contribution >= 4 is 5.97 Å². The Morgan fingerprint density at radius 1 is 1.44 bits per heavy atom. The first kappa shape index (κ1) is 5.03. The molecule has 2 heterocycles. The van der Waals surface area contributed by atoms with Crippen molar-refractivity contribution in [2.75, 3.05) is 0 Å². The maximum atomic E-state index is 10.8. The molecule has 0 aromatic heterocycles. The van der Waals surface area contributed by atoms with Crippen LogP contribution in [0, 0.1) is 5.92 Å². The van der Waals surface area contributed by atoms with Crippen molar-refractivity contribution < 1.29 is 9.53 Å². The number of ether oxygens (including phenoxy) is 1. The van der Waals surface area contributed by atoms with E-state index in [1.165, 1.54) is 0 Å². The number of fused-ring (bicyclic) bond motifs is 2. The van der Waals surface area contributed by atoms with Gasteiger partial charge in [-0.05, 0) is 18.9 Å². The zero-order valence-corrected chi connectivity index (χ0v) is 5.04. The van der Waals surface area contributed by atoms with Gasteiger partial charge in [0.25, 0.3) is 0 Å². The van der Waals surface area contributed by atoms with Crippen molar-refractivity contribution in [2.45, 2.75) is 18.9 Å². The van der Waals surface area contributed by atoms with Crippen molar-refractivity contribution in [1.29, 1.82) is 0 Å². The minimum absolute atomic E-state index is 0.0336. The smallest absolute Gasteiger partial charge is 0.313 e. The molecule has 2 aliphatic heterocycles. The fraction of sp³-hybridized carbons (Fsp3) is 0.571. The summed E-state index contributed by atoms with van der Waals surface area (Å²) in [5.74, 6) is 0.0451. The largest absolute Gasteiger partial charge is 0.458 e. The Kier molecular flexibility index (Phi) is 0.891. The molecular formula is C7H8O2. The van der Waals surface area contributed by atoms with Crippen molar-refractivity contribution in [1.82, 2.24) is 0 Å². The first-order valence-electron chi connectivity index (χ1n) is 3.25. The topological polar surface area (TPSA) is 26.3 Å². The van der Waals surface area contributed by atoms with Gasteiger partial charge in [0.1, 0.15) is 6.10 Å². The standard InChI is InChI=1S/C7H8O2/c8-7-5-1-3-6(9-7)4-2-5/h1,3,5-6H,2,4H2/t5-,6+/m0/s1. The van der Waals surface area contributed by atoms with E-state index in [2.05, 4.69) is 0 Å². The molecule has 2 nitrogen and oxygen atoms in total. The molecule has 0 aromatic carbocycles. The highest BCUT2D eigenvalue weighted by atomic mass is 16.5. The van der Waals surface area contributed by atoms with Crippen molar-refractivity contribution in [2.24, 2.45) is 5.92 Å². The van der Waals surface area contributed by atoms with Gasteiger partial charge in [0.2, 0.25) is 0 Å². The lowest BCUT2D eigenvalue weighted by Crippen LogP contribution is -2.32. The number of hydrogen-bond acceptors (Lipinski definition) is 2.